The minimum atomic E-state index is -0.500. The molecule has 0 spiro atoms. The van der Waals surface area contributed by atoms with Gasteiger partial charge in [0.2, 0.25) is 10.1 Å². The number of hydrogen-bond donors (Lipinski definition) is 1. The molecule has 0 radical (unpaired) electrons. The highest BCUT2D eigenvalue weighted by Gasteiger charge is 2.34. The van der Waals surface area contributed by atoms with Crippen molar-refractivity contribution in [3.63, 3.8) is 0 Å². The van der Waals surface area contributed by atoms with Crippen LogP contribution in [0.25, 0.3) is 11.0 Å². The van der Waals surface area contributed by atoms with Gasteiger partial charge in [-0.3, -0.25) is 15.0 Å². The van der Waals surface area contributed by atoms with Gasteiger partial charge in [-0.15, -0.1) is 0 Å². The van der Waals surface area contributed by atoms with E-state index in [0.717, 1.165) is 11.4 Å². The van der Waals surface area contributed by atoms with Crippen LogP contribution in [0.3, 0.4) is 0 Å². The maximum Gasteiger partial charge on any atom is 0.283 e. The van der Waals surface area contributed by atoms with Crippen LogP contribution >= 0.6 is 23.1 Å². The molecule has 2 aromatic heterocycles. The van der Waals surface area contributed by atoms with Gasteiger partial charge in [0.05, 0.1) is 23.4 Å². The summed E-state index contributed by atoms with van der Waals surface area (Å²) in [4.78, 5) is 33.9. The van der Waals surface area contributed by atoms with Gasteiger partial charge >= 0.3 is 0 Å². The molecule has 0 bridgehead atoms. The van der Waals surface area contributed by atoms with Crippen molar-refractivity contribution in [2.75, 3.05) is 7.11 Å². The fraction of sp³-hybridized carbons (Fsp3) is 0.227. The van der Waals surface area contributed by atoms with Crippen LogP contribution in [0.4, 0.5) is 0 Å². The quantitative estimate of drug-likeness (QED) is 0.501. The van der Waals surface area contributed by atoms with Gasteiger partial charge in [0.1, 0.15) is 11.6 Å². The van der Waals surface area contributed by atoms with Crippen molar-refractivity contribution in [1.82, 2.24) is 19.6 Å². The number of aryl methyl sites for hydroxylation is 1. The molecule has 5 rings (SSSR count). The van der Waals surface area contributed by atoms with E-state index in [1.54, 1.807) is 31.2 Å². The lowest BCUT2D eigenvalue weighted by molar-refractivity contribution is -0.114. The van der Waals surface area contributed by atoms with Crippen LogP contribution in [-0.2, 0) is 17.8 Å². The number of aliphatic imine (C=N–C) groups is 1. The van der Waals surface area contributed by atoms with Crippen LogP contribution in [-0.4, -0.2) is 48.7 Å². The first-order chi connectivity index (χ1) is 16.9. The highest BCUT2D eigenvalue weighted by molar-refractivity contribution is 8.26. The summed E-state index contributed by atoms with van der Waals surface area (Å²) in [6.45, 7) is 3.82. The number of amidine groups is 2. The molecule has 0 saturated carbocycles. The van der Waals surface area contributed by atoms with Crippen molar-refractivity contribution in [2.45, 2.75) is 26.9 Å². The van der Waals surface area contributed by atoms with E-state index in [1.165, 1.54) is 45.8 Å². The Morgan fingerprint density at radius 2 is 2.03 bits per heavy atom. The molecular weight excluding hydrogens is 490 g/mol. The monoisotopic (exact) mass is 509 g/mol. The largest absolute Gasteiger partial charge is 0.493 e. The molecule has 1 N–H and O–H groups in total. The molecule has 1 amide bonds. The molecule has 0 unspecified atom stereocenters. The normalized spacial score (nSPS) is 16.5. The van der Waals surface area contributed by atoms with Gasteiger partial charge in [0, 0.05) is 6.07 Å². The number of aromatic nitrogens is 3. The molecule has 178 valence electrons. The van der Waals surface area contributed by atoms with Crippen LogP contribution in [0.2, 0.25) is 0 Å². The molecule has 0 saturated heterocycles. The number of hydrazone groups is 1. The molecule has 3 aromatic rings. The molecule has 35 heavy (non-hydrogen) atoms. The smallest absolute Gasteiger partial charge is 0.283 e. The zero-order chi connectivity index (χ0) is 24.7. The molecule has 0 atom stereocenters. The minimum absolute atomic E-state index is 0.0364. The Labute approximate surface area is 207 Å². The number of benzene rings is 1. The number of rotatable bonds is 6. The van der Waals surface area contributed by atoms with E-state index in [2.05, 4.69) is 20.2 Å². The van der Waals surface area contributed by atoms with E-state index >= 15 is 0 Å². The zero-order valence-electron chi connectivity index (χ0n) is 18.9. The first kappa shape index (κ1) is 22.9. The molecule has 2 aliphatic heterocycles. The highest BCUT2D eigenvalue weighted by atomic mass is 32.2. The van der Waals surface area contributed by atoms with Gasteiger partial charge < -0.3 is 9.47 Å². The number of hydrogen-bond acceptors (Lipinski definition) is 10. The topological polar surface area (TPSA) is 135 Å². The van der Waals surface area contributed by atoms with Crippen molar-refractivity contribution in [3.8, 4) is 11.5 Å². The third kappa shape index (κ3) is 4.35. The van der Waals surface area contributed by atoms with Gasteiger partial charge in [-0.25, -0.2) is 4.98 Å². The predicted octanol–water partition coefficient (Wildman–Crippen LogP) is 2.94. The number of carbonyl (C=O) groups is 1. The molecule has 13 heteroatoms. The maximum absolute atomic E-state index is 12.5. The van der Waals surface area contributed by atoms with E-state index in [9.17, 15) is 9.59 Å². The van der Waals surface area contributed by atoms with Crippen molar-refractivity contribution in [3.05, 3.63) is 56.5 Å². The SMILES string of the molecule is CCc1nn2c(=O)cc(COc3ccc(/C=C4/C(=N)N5N=C(C)SC5=NC4=O)cc3OC)nc2s1. The predicted molar refractivity (Wildman–Crippen MR) is 135 cm³/mol. The van der Waals surface area contributed by atoms with E-state index < -0.39 is 5.91 Å². The summed E-state index contributed by atoms with van der Waals surface area (Å²) in [6.07, 6.45) is 2.29. The second-order valence-electron chi connectivity index (χ2n) is 7.47. The summed E-state index contributed by atoms with van der Waals surface area (Å²) in [7, 11) is 1.50. The van der Waals surface area contributed by atoms with Crippen molar-refractivity contribution in [2.24, 2.45) is 10.1 Å². The minimum Gasteiger partial charge on any atom is -0.493 e. The molecule has 1 aromatic carbocycles. The van der Waals surface area contributed by atoms with Gasteiger partial charge in [-0.2, -0.15) is 24.7 Å². The van der Waals surface area contributed by atoms with Crippen LogP contribution in [0, 0.1) is 5.41 Å². The lowest BCUT2D eigenvalue weighted by atomic mass is 10.1. The van der Waals surface area contributed by atoms with Crippen LogP contribution in [0.15, 0.2) is 44.7 Å². The number of nitrogens with zero attached hydrogens (tertiary/aromatic N) is 6. The van der Waals surface area contributed by atoms with Gasteiger partial charge in [0.15, 0.2) is 17.3 Å². The third-order valence-corrected chi connectivity index (χ3v) is 6.95. The number of thioether (sulfide) groups is 1. The second kappa shape index (κ2) is 9.07. The first-order valence-corrected chi connectivity index (χ1v) is 12.2. The van der Waals surface area contributed by atoms with Crippen molar-refractivity contribution < 1.29 is 14.3 Å². The number of amides is 1. The van der Waals surface area contributed by atoms with E-state index in [4.69, 9.17) is 14.9 Å². The standard InChI is InChI=1S/C22H19N7O4S2/c1-4-17-27-28-18(30)9-13(24-21(28)35-17)10-33-15-6-5-12(8-16(15)32-3)7-14-19(23)29-22(25-20(14)31)34-11(2)26-29/h5-9,23H,4,10H2,1-3H3/b14-7-,23-19?. The fourth-order valence-corrected chi connectivity index (χ4v) is 5.00. The Morgan fingerprint density at radius 1 is 1.20 bits per heavy atom. The molecular formula is C22H19N7O4S2. The Kier molecular flexibility index (Phi) is 5.94. The summed E-state index contributed by atoms with van der Waals surface area (Å²) in [5.74, 6) is 0.329. The van der Waals surface area contributed by atoms with Gasteiger partial charge in [-0.05, 0) is 48.9 Å². The fourth-order valence-electron chi connectivity index (χ4n) is 3.41. The van der Waals surface area contributed by atoms with E-state index in [0.29, 0.717) is 37.9 Å². The molecule has 0 aliphatic carbocycles. The van der Waals surface area contributed by atoms with E-state index in [1.807, 2.05) is 6.92 Å². The maximum atomic E-state index is 12.5. The summed E-state index contributed by atoms with van der Waals surface area (Å²) in [5.41, 5.74) is 0.962. The molecule has 2 aliphatic rings. The number of fused-ring (bicyclic) bond motifs is 2. The van der Waals surface area contributed by atoms with Gasteiger partial charge in [0.25, 0.3) is 11.5 Å². The lowest BCUT2D eigenvalue weighted by Crippen LogP contribution is -2.35. The third-order valence-electron chi connectivity index (χ3n) is 5.07. The van der Waals surface area contributed by atoms with E-state index in [-0.39, 0.29) is 23.6 Å². The Balaban J connectivity index is 1.37. The van der Waals surface area contributed by atoms with Crippen LogP contribution in [0.5, 0.6) is 11.5 Å². The lowest BCUT2D eigenvalue weighted by Gasteiger charge is -2.20. The van der Waals surface area contributed by atoms with Crippen LogP contribution in [0.1, 0.15) is 30.1 Å². The Hall–Kier alpha value is -3.84. The molecule has 11 nitrogen and oxygen atoms in total. The Bertz CT molecular complexity index is 1540. The highest BCUT2D eigenvalue weighted by Crippen LogP contribution is 2.32. The van der Waals surface area contributed by atoms with Crippen LogP contribution < -0.4 is 15.0 Å². The number of carbonyl (C=O) groups excluding carboxylic acids is 1. The summed E-state index contributed by atoms with van der Waals surface area (Å²) in [6, 6.07) is 6.52. The molecule has 0 fully saturated rings. The Morgan fingerprint density at radius 3 is 2.80 bits per heavy atom. The number of ether oxygens (including phenoxy) is 2. The van der Waals surface area contributed by atoms with Gasteiger partial charge in [-0.1, -0.05) is 24.3 Å². The van der Waals surface area contributed by atoms with Crippen molar-refractivity contribution in [1.29, 1.82) is 5.41 Å². The first-order valence-electron chi connectivity index (χ1n) is 10.5. The molecule has 4 heterocycles. The second-order valence-corrected chi connectivity index (χ2v) is 9.67. The number of nitrogens with one attached hydrogen (secondary N) is 1. The zero-order valence-corrected chi connectivity index (χ0v) is 20.6. The summed E-state index contributed by atoms with van der Waals surface area (Å²) >= 11 is 2.62. The average molecular weight is 510 g/mol. The summed E-state index contributed by atoms with van der Waals surface area (Å²) < 4.78 is 12.6. The average Bonchev–Trinajstić information content (AvgIpc) is 3.43. The summed E-state index contributed by atoms with van der Waals surface area (Å²) in [5, 5.41) is 20.1. The number of methoxy groups -OCH3 is 1. The van der Waals surface area contributed by atoms with Crippen molar-refractivity contribution >= 4 is 56.1 Å².